The third kappa shape index (κ3) is 3.35. The van der Waals surface area contributed by atoms with Gasteiger partial charge in [-0.05, 0) is 55.6 Å². The zero-order chi connectivity index (χ0) is 15.7. The number of hydrogen-bond donors (Lipinski definition) is 1. The number of nitrogens with two attached hydrogens (primary N) is 1. The van der Waals surface area contributed by atoms with Crippen LogP contribution in [0.25, 0.3) is 0 Å². The van der Waals surface area contributed by atoms with Crippen molar-refractivity contribution in [3.63, 3.8) is 0 Å². The van der Waals surface area contributed by atoms with E-state index in [1.807, 2.05) is 4.90 Å². The maximum absolute atomic E-state index is 12.7. The summed E-state index contributed by atoms with van der Waals surface area (Å²) in [5, 5.41) is 0. The predicted molar refractivity (Wildman–Crippen MR) is 87.9 cm³/mol. The van der Waals surface area contributed by atoms with Crippen LogP contribution in [0.5, 0.6) is 0 Å². The third-order valence-electron chi connectivity index (χ3n) is 4.93. The Bertz CT molecular complexity index is 573. The molecule has 4 nitrogen and oxygen atoms in total. The Labute approximate surface area is 135 Å². The topological polar surface area (TPSA) is 63.4 Å². The van der Waals surface area contributed by atoms with Gasteiger partial charge in [-0.2, -0.15) is 0 Å². The van der Waals surface area contributed by atoms with Crippen LogP contribution >= 0.6 is 11.3 Å². The lowest BCUT2D eigenvalue weighted by Gasteiger charge is -2.31. The van der Waals surface area contributed by atoms with E-state index >= 15 is 0 Å². The van der Waals surface area contributed by atoms with Crippen molar-refractivity contribution in [1.29, 1.82) is 0 Å². The number of carbonyl (C=O) groups is 2. The van der Waals surface area contributed by atoms with Gasteiger partial charge in [-0.3, -0.25) is 9.59 Å². The van der Waals surface area contributed by atoms with E-state index in [9.17, 15) is 9.59 Å². The average molecular weight is 320 g/mol. The van der Waals surface area contributed by atoms with Gasteiger partial charge in [0, 0.05) is 24.4 Å². The summed E-state index contributed by atoms with van der Waals surface area (Å²) in [6, 6.07) is 2.12. The van der Waals surface area contributed by atoms with E-state index in [4.69, 9.17) is 5.73 Å². The molecule has 3 rings (SSSR count). The van der Waals surface area contributed by atoms with Crippen molar-refractivity contribution in [1.82, 2.24) is 4.90 Å². The zero-order valence-corrected chi connectivity index (χ0v) is 14.0. The quantitative estimate of drug-likeness (QED) is 0.930. The second-order valence-electron chi connectivity index (χ2n) is 6.81. The monoisotopic (exact) mass is 320 g/mol. The minimum Gasteiger partial charge on any atom is -0.370 e. The number of fused-ring (bicyclic) bond motifs is 1. The highest BCUT2D eigenvalue weighted by Gasteiger charge is 2.27. The van der Waals surface area contributed by atoms with Gasteiger partial charge in [0.1, 0.15) is 0 Å². The van der Waals surface area contributed by atoms with Crippen molar-refractivity contribution in [3.05, 3.63) is 21.4 Å². The molecule has 5 heteroatoms. The average Bonchev–Trinajstić information content (AvgIpc) is 2.89. The van der Waals surface area contributed by atoms with Crippen LogP contribution in [-0.4, -0.2) is 29.8 Å². The van der Waals surface area contributed by atoms with Crippen molar-refractivity contribution in [2.75, 3.05) is 13.1 Å². The highest BCUT2D eigenvalue weighted by molar-refractivity contribution is 7.14. The Hall–Kier alpha value is -1.36. The summed E-state index contributed by atoms with van der Waals surface area (Å²) in [6.45, 7) is 3.77. The molecule has 0 spiro atoms. The van der Waals surface area contributed by atoms with Gasteiger partial charge in [0.05, 0.1) is 4.88 Å². The smallest absolute Gasteiger partial charge is 0.263 e. The van der Waals surface area contributed by atoms with Crippen LogP contribution in [-0.2, 0) is 17.6 Å². The Morgan fingerprint density at radius 2 is 2.05 bits per heavy atom. The fraction of sp³-hybridized carbons (Fsp3) is 0.647. The van der Waals surface area contributed by atoms with E-state index in [2.05, 4.69) is 13.0 Å². The van der Waals surface area contributed by atoms with Gasteiger partial charge in [0.2, 0.25) is 5.91 Å². The molecule has 0 aromatic carbocycles. The molecule has 0 bridgehead atoms. The normalized spacial score (nSPS) is 22.4. The third-order valence-corrected chi connectivity index (χ3v) is 6.16. The maximum Gasteiger partial charge on any atom is 0.263 e. The summed E-state index contributed by atoms with van der Waals surface area (Å²) in [7, 11) is 0. The molecule has 2 aliphatic rings. The minimum atomic E-state index is -0.232. The fourth-order valence-electron chi connectivity index (χ4n) is 3.59. The molecule has 1 saturated heterocycles. The first-order valence-corrected chi connectivity index (χ1v) is 9.03. The van der Waals surface area contributed by atoms with Gasteiger partial charge in [0.25, 0.3) is 5.91 Å². The maximum atomic E-state index is 12.7. The molecule has 1 unspecified atom stereocenters. The molecular formula is C17H24N2O2S. The molecule has 1 aliphatic carbocycles. The van der Waals surface area contributed by atoms with Crippen molar-refractivity contribution < 1.29 is 9.59 Å². The number of rotatable bonds is 3. The largest absolute Gasteiger partial charge is 0.370 e. The van der Waals surface area contributed by atoms with Crippen LogP contribution in [0.15, 0.2) is 6.07 Å². The number of aryl methyl sites for hydroxylation is 1. The van der Waals surface area contributed by atoms with Gasteiger partial charge >= 0.3 is 0 Å². The fourth-order valence-corrected chi connectivity index (χ4v) is 4.77. The van der Waals surface area contributed by atoms with Crippen molar-refractivity contribution in [2.24, 2.45) is 17.6 Å². The lowest BCUT2D eigenvalue weighted by atomic mass is 9.90. The van der Waals surface area contributed by atoms with Crippen molar-refractivity contribution in [2.45, 2.75) is 45.4 Å². The van der Waals surface area contributed by atoms with E-state index in [0.29, 0.717) is 12.3 Å². The van der Waals surface area contributed by atoms with E-state index in [1.54, 1.807) is 11.3 Å². The molecular weight excluding hydrogens is 296 g/mol. The summed E-state index contributed by atoms with van der Waals surface area (Å²) in [4.78, 5) is 27.9. The van der Waals surface area contributed by atoms with Crippen molar-refractivity contribution >= 4 is 23.2 Å². The Balaban J connectivity index is 1.62. The van der Waals surface area contributed by atoms with Crippen LogP contribution in [0.3, 0.4) is 0 Å². The number of primary amides is 1. The van der Waals surface area contributed by atoms with Gasteiger partial charge in [-0.25, -0.2) is 0 Å². The van der Waals surface area contributed by atoms with Gasteiger partial charge in [0.15, 0.2) is 0 Å². The second kappa shape index (κ2) is 6.41. The number of nitrogens with zero attached hydrogens (tertiary/aromatic N) is 1. The van der Waals surface area contributed by atoms with Crippen LogP contribution in [0.4, 0.5) is 0 Å². The number of amides is 2. The Morgan fingerprint density at radius 3 is 2.73 bits per heavy atom. The molecule has 1 aromatic heterocycles. The van der Waals surface area contributed by atoms with Gasteiger partial charge in [-0.15, -0.1) is 11.3 Å². The molecule has 1 fully saturated rings. The summed E-state index contributed by atoms with van der Waals surface area (Å²) >= 11 is 1.69. The number of piperidine rings is 1. The SMILES string of the molecule is CC1CCc2sc(C(=O)N3CCC(CC(N)=O)CC3)cc2C1. The van der Waals surface area contributed by atoms with E-state index in [1.165, 1.54) is 16.9 Å². The Morgan fingerprint density at radius 1 is 1.32 bits per heavy atom. The summed E-state index contributed by atoms with van der Waals surface area (Å²) in [5.74, 6) is 1.02. The van der Waals surface area contributed by atoms with Crippen molar-refractivity contribution in [3.8, 4) is 0 Å². The highest BCUT2D eigenvalue weighted by atomic mass is 32.1. The van der Waals surface area contributed by atoms with Gasteiger partial charge in [-0.1, -0.05) is 6.92 Å². The number of thiophene rings is 1. The van der Waals surface area contributed by atoms with Gasteiger partial charge < -0.3 is 10.6 Å². The first-order valence-electron chi connectivity index (χ1n) is 8.22. The van der Waals surface area contributed by atoms with E-state index in [0.717, 1.165) is 49.6 Å². The predicted octanol–water partition coefficient (Wildman–Crippen LogP) is 2.60. The molecule has 0 radical (unpaired) electrons. The minimum absolute atomic E-state index is 0.171. The molecule has 2 heterocycles. The molecule has 1 aromatic rings. The molecule has 2 N–H and O–H groups in total. The highest BCUT2D eigenvalue weighted by Crippen LogP contribution is 2.33. The zero-order valence-electron chi connectivity index (χ0n) is 13.1. The lowest BCUT2D eigenvalue weighted by Crippen LogP contribution is -2.39. The summed E-state index contributed by atoms with van der Waals surface area (Å²) in [5.41, 5.74) is 6.64. The van der Waals surface area contributed by atoms with E-state index < -0.39 is 0 Å². The van der Waals surface area contributed by atoms with Crippen LogP contribution in [0.2, 0.25) is 0 Å². The lowest BCUT2D eigenvalue weighted by molar-refractivity contribution is -0.119. The molecule has 2 amide bonds. The number of hydrogen-bond acceptors (Lipinski definition) is 3. The molecule has 120 valence electrons. The van der Waals surface area contributed by atoms with E-state index in [-0.39, 0.29) is 11.8 Å². The molecule has 22 heavy (non-hydrogen) atoms. The summed E-state index contributed by atoms with van der Waals surface area (Å²) in [6.07, 6.45) is 5.69. The molecule has 1 atom stereocenters. The first kappa shape index (κ1) is 15.5. The summed E-state index contributed by atoms with van der Waals surface area (Å²) < 4.78 is 0. The molecule has 1 aliphatic heterocycles. The number of carbonyl (C=O) groups excluding carboxylic acids is 2. The van der Waals surface area contributed by atoms with Crippen LogP contribution < -0.4 is 5.73 Å². The van der Waals surface area contributed by atoms with Crippen LogP contribution in [0, 0.1) is 11.8 Å². The Kier molecular flexibility index (Phi) is 4.52. The number of likely N-dealkylation sites (tertiary alicyclic amines) is 1. The second-order valence-corrected chi connectivity index (χ2v) is 7.95. The standard InChI is InChI=1S/C17H24N2O2S/c1-11-2-3-14-13(8-11)10-15(22-14)17(21)19-6-4-12(5-7-19)9-16(18)20/h10-12H,2-9H2,1H3,(H2,18,20). The molecule has 0 saturated carbocycles. The first-order chi connectivity index (χ1) is 10.5. The van der Waals surface area contributed by atoms with Crippen LogP contribution in [0.1, 0.15) is 52.7 Å².